The molecule has 0 aliphatic heterocycles. The molecule has 0 saturated carbocycles. The predicted molar refractivity (Wildman–Crippen MR) is 69.3 cm³/mol. The highest BCUT2D eigenvalue weighted by atomic mass is 14.4. The van der Waals surface area contributed by atoms with Gasteiger partial charge in [-0.25, -0.2) is 0 Å². The summed E-state index contributed by atoms with van der Waals surface area (Å²) in [4.78, 5) is 0. The first-order chi connectivity index (χ1) is 7.71. The summed E-state index contributed by atoms with van der Waals surface area (Å²) < 4.78 is 0. The zero-order chi connectivity index (χ0) is 11.2. The van der Waals surface area contributed by atoms with E-state index in [1.807, 2.05) is 0 Å². The molecule has 2 aliphatic rings. The molecule has 0 heterocycles. The molecule has 0 aromatic heterocycles. The molecule has 0 radical (unpaired) electrons. The standard InChI is InChI=1S/C16H16/c1-16(2)14-10-5-3-4-8-12(14)13-9-6-7-11-15(13)16/h4-11H,3H2,1-2H3. The summed E-state index contributed by atoms with van der Waals surface area (Å²) in [7, 11) is 0. The Morgan fingerprint density at radius 2 is 1.75 bits per heavy atom. The van der Waals surface area contributed by atoms with Crippen molar-refractivity contribution < 1.29 is 0 Å². The second-order valence-corrected chi connectivity index (χ2v) is 5.04. The van der Waals surface area contributed by atoms with Gasteiger partial charge in [0.25, 0.3) is 0 Å². The van der Waals surface area contributed by atoms with Gasteiger partial charge in [-0.2, -0.15) is 0 Å². The summed E-state index contributed by atoms with van der Waals surface area (Å²) in [5.74, 6) is 0. The summed E-state index contributed by atoms with van der Waals surface area (Å²) in [6.45, 7) is 4.63. The number of benzene rings is 1. The van der Waals surface area contributed by atoms with E-state index in [0.29, 0.717) is 0 Å². The minimum atomic E-state index is 0.150. The summed E-state index contributed by atoms with van der Waals surface area (Å²) >= 11 is 0. The largest absolute Gasteiger partial charge is 0.0804 e. The van der Waals surface area contributed by atoms with Crippen molar-refractivity contribution in [3.63, 3.8) is 0 Å². The van der Waals surface area contributed by atoms with Gasteiger partial charge in [0, 0.05) is 5.41 Å². The van der Waals surface area contributed by atoms with Gasteiger partial charge in [0.2, 0.25) is 0 Å². The second-order valence-electron chi connectivity index (χ2n) is 5.04. The minimum Gasteiger partial charge on any atom is -0.0804 e. The summed E-state index contributed by atoms with van der Waals surface area (Å²) in [5.41, 5.74) is 5.88. The van der Waals surface area contributed by atoms with E-state index >= 15 is 0 Å². The van der Waals surface area contributed by atoms with Crippen molar-refractivity contribution in [2.24, 2.45) is 0 Å². The summed E-state index contributed by atoms with van der Waals surface area (Å²) in [6.07, 6.45) is 10.1. The van der Waals surface area contributed by atoms with Crippen LogP contribution in [0.1, 0.15) is 31.4 Å². The van der Waals surface area contributed by atoms with Crippen LogP contribution in [0.3, 0.4) is 0 Å². The van der Waals surface area contributed by atoms with E-state index in [2.05, 4.69) is 62.4 Å². The van der Waals surface area contributed by atoms with Gasteiger partial charge in [-0.1, -0.05) is 62.4 Å². The highest BCUT2D eigenvalue weighted by molar-refractivity contribution is 5.88. The maximum absolute atomic E-state index is 2.32. The van der Waals surface area contributed by atoms with Gasteiger partial charge in [0.15, 0.2) is 0 Å². The second kappa shape index (κ2) is 3.21. The number of hydrogen-bond acceptors (Lipinski definition) is 0. The van der Waals surface area contributed by atoms with Gasteiger partial charge in [-0.15, -0.1) is 0 Å². The fourth-order valence-electron chi connectivity index (χ4n) is 2.82. The Morgan fingerprint density at radius 3 is 2.62 bits per heavy atom. The molecule has 16 heavy (non-hydrogen) atoms. The average Bonchev–Trinajstić information content (AvgIpc) is 2.50. The van der Waals surface area contributed by atoms with E-state index in [0.717, 1.165) is 6.42 Å². The summed E-state index contributed by atoms with van der Waals surface area (Å²) in [5, 5.41) is 0. The third-order valence-electron chi connectivity index (χ3n) is 3.70. The molecular weight excluding hydrogens is 192 g/mol. The third kappa shape index (κ3) is 1.16. The van der Waals surface area contributed by atoms with Crippen molar-refractivity contribution in [2.45, 2.75) is 25.7 Å². The summed E-state index contributed by atoms with van der Waals surface area (Å²) in [6, 6.07) is 8.77. The molecule has 0 N–H and O–H groups in total. The molecule has 0 bridgehead atoms. The third-order valence-corrected chi connectivity index (χ3v) is 3.70. The highest BCUT2D eigenvalue weighted by Crippen LogP contribution is 2.47. The predicted octanol–water partition coefficient (Wildman–Crippen LogP) is 4.25. The Bertz CT molecular complexity index is 525. The minimum absolute atomic E-state index is 0.150. The highest BCUT2D eigenvalue weighted by Gasteiger charge is 2.35. The van der Waals surface area contributed by atoms with E-state index in [1.165, 1.54) is 22.3 Å². The molecule has 0 saturated heterocycles. The van der Waals surface area contributed by atoms with Crippen LogP contribution in [-0.2, 0) is 5.41 Å². The molecule has 0 heteroatoms. The van der Waals surface area contributed by atoms with Gasteiger partial charge in [-0.3, -0.25) is 0 Å². The van der Waals surface area contributed by atoms with Gasteiger partial charge in [0.1, 0.15) is 0 Å². The fraction of sp³-hybridized carbons (Fsp3) is 0.250. The van der Waals surface area contributed by atoms with Gasteiger partial charge in [-0.05, 0) is 28.7 Å². The lowest BCUT2D eigenvalue weighted by molar-refractivity contribution is 0.654. The van der Waals surface area contributed by atoms with Crippen LogP contribution < -0.4 is 0 Å². The van der Waals surface area contributed by atoms with Crippen molar-refractivity contribution in [3.05, 3.63) is 65.3 Å². The van der Waals surface area contributed by atoms with Crippen LogP contribution in [0.5, 0.6) is 0 Å². The Kier molecular flexibility index (Phi) is 1.94. The van der Waals surface area contributed by atoms with Crippen molar-refractivity contribution in [2.75, 3.05) is 0 Å². The number of fused-ring (bicyclic) bond motifs is 2. The molecule has 0 atom stereocenters. The van der Waals surface area contributed by atoms with E-state index in [9.17, 15) is 0 Å². The van der Waals surface area contributed by atoms with Crippen molar-refractivity contribution >= 4 is 5.57 Å². The van der Waals surface area contributed by atoms with Crippen LogP contribution in [-0.4, -0.2) is 0 Å². The van der Waals surface area contributed by atoms with Crippen LogP contribution in [0.25, 0.3) is 5.57 Å². The lowest BCUT2D eigenvalue weighted by atomic mass is 9.81. The molecule has 2 aliphatic carbocycles. The van der Waals surface area contributed by atoms with Crippen LogP contribution in [0.2, 0.25) is 0 Å². The Labute approximate surface area is 97.0 Å². The molecule has 0 spiro atoms. The fourth-order valence-corrected chi connectivity index (χ4v) is 2.82. The maximum atomic E-state index is 2.32. The molecule has 0 fully saturated rings. The molecule has 0 nitrogen and oxygen atoms in total. The normalized spacial score (nSPS) is 20.6. The SMILES string of the molecule is CC1(C)C2=C(C=CCC=C2)c2ccccc21. The van der Waals surface area contributed by atoms with Crippen LogP contribution in [0.4, 0.5) is 0 Å². The molecule has 1 aromatic carbocycles. The first-order valence-corrected chi connectivity index (χ1v) is 5.89. The van der Waals surface area contributed by atoms with Gasteiger partial charge in [0.05, 0.1) is 0 Å². The monoisotopic (exact) mass is 208 g/mol. The molecular formula is C16H16. The van der Waals surface area contributed by atoms with Gasteiger partial charge >= 0.3 is 0 Å². The lowest BCUT2D eigenvalue weighted by Gasteiger charge is -2.22. The maximum Gasteiger partial charge on any atom is 0.0158 e. The van der Waals surface area contributed by atoms with E-state index in [-0.39, 0.29) is 5.41 Å². The first kappa shape index (κ1) is 9.65. The van der Waals surface area contributed by atoms with E-state index in [1.54, 1.807) is 0 Å². The number of rotatable bonds is 0. The Hall–Kier alpha value is -1.56. The topological polar surface area (TPSA) is 0 Å². The van der Waals surface area contributed by atoms with Crippen molar-refractivity contribution in [3.8, 4) is 0 Å². The molecule has 0 amide bonds. The smallest absolute Gasteiger partial charge is 0.0158 e. The van der Waals surface area contributed by atoms with Crippen molar-refractivity contribution in [1.82, 2.24) is 0 Å². The quantitative estimate of drug-likeness (QED) is 0.598. The van der Waals surface area contributed by atoms with E-state index in [4.69, 9.17) is 0 Å². The number of hydrogen-bond donors (Lipinski definition) is 0. The van der Waals surface area contributed by atoms with E-state index < -0.39 is 0 Å². The Morgan fingerprint density at radius 1 is 1.00 bits per heavy atom. The molecule has 0 unspecified atom stereocenters. The zero-order valence-corrected chi connectivity index (χ0v) is 9.83. The molecule has 1 aromatic rings. The van der Waals surface area contributed by atoms with Crippen molar-refractivity contribution in [1.29, 1.82) is 0 Å². The van der Waals surface area contributed by atoms with Crippen LogP contribution in [0, 0.1) is 0 Å². The first-order valence-electron chi connectivity index (χ1n) is 5.89. The van der Waals surface area contributed by atoms with Gasteiger partial charge < -0.3 is 0 Å². The number of allylic oxidation sites excluding steroid dienone is 6. The molecule has 80 valence electrons. The van der Waals surface area contributed by atoms with Crippen LogP contribution >= 0.6 is 0 Å². The zero-order valence-electron chi connectivity index (χ0n) is 9.83. The lowest BCUT2D eigenvalue weighted by Crippen LogP contribution is -2.15. The van der Waals surface area contributed by atoms with Crippen LogP contribution in [0.15, 0.2) is 54.1 Å². The molecule has 3 rings (SSSR count). The average molecular weight is 208 g/mol. The Balaban J connectivity index is 2.32.